The predicted molar refractivity (Wildman–Crippen MR) is 85.0 cm³/mol. The van der Waals surface area contributed by atoms with Gasteiger partial charge in [0.15, 0.2) is 5.65 Å². The molecule has 0 fully saturated rings. The molecule has 20 heavy (non-hydrogen) atoms. The van der Waals surface area contributed by atoms with Crippen LogP contribution in [0.4, 0.5) is 0 Å². The number of halogens is 2. The molecule has 3 rings (SSSR count). The fraction of sp³-hybridized carbons (Fsp3) is 0.286. The van der Waals surface area contributed by atoms with Crippen LogP contribution in [0.2, 0.25) is 4.34 Å². The van der Waals surface area contributed by atoms with Crippen molar-refractivity contribution in [1.82, 2.24) is 14.5 Å². The van der Waals surface area contributed by atoms with Crippen LogP contribution in [0.25, 0.3) is 11.2 Å². The summed E-state index contributed by atoms with van der Waals surface area (Å²) in [7, 11) is 0. The van der Waals surface area contributed by atoms with E-state index in [9.17, 15) is 0 Å². The van der Waals surface area contributed by atoms with Crippen LogP contribution < -0.4 is 0 Å². The fourth-order valence-corrected chi connectivity index (χ4v) is 3.47. The molecule has 0 aliphatic heterocycles. The van der Waals surface area contributed by atoms with Crippen molar-refractivity contribution in [3.05, 3.63) is 45.5 Å². The van der Waals surface area contributed by atoms with Gasteiger partial charge in [0.2, 0.25) is 0 Å². The largest absolute Gasteiger partial charge is 0.312 e. The number of alkyl halides is 1. The molecule has 0 bridgehead atoms. The topological polar surface area (TPSA) is 30.7 Å². The Bertz CT molecular complexity index is 720. The second-order valence-electron chi connectivity index (χ2n) is 4.42. The molecule has 0 aliphatic carbocycles. The highest BCUT2D eigenvalue weighted by Gasteiger charge is 2.11. The standard InChI is InChI=1S/C14H13Cl2N3S/c15-7-5-13-18-11-2-1-8-17-14(11)19(13)9-6-10-3-4-12(16)20-10/h1-4,8H,5-7,9H2. The number of nitrogens with zero attached hydrogens (tertiary/aromatic N) is 3. The van der Waals surface area contributed by atoms with Crippen molar-refractivity contribution < 1.29 is 0 Å². The van der Waals surface area contributed by atoms with Crippen LogP contribution in [0.5, 0.6) is 0 Å². The first kappa shape index (κ1) is 13.9. The number of pyridine rings is 1. The van der Waals surface area contributed by atoms with E-state index in [0.29, 0.717) is 5.88 Å². The molecule has 3 heterocycles. The van der Waals surface area contributed by atoms with E-state index in [1.807, 2.05) is 18.2 Å². The van der Waals surface area contributed by atoms with E-state index in [1.165, 1.54) is 4.88 Å². The van der Waals surface area contributed by atoms with Gasteiger partial charge in [-0.15, -0.1) is 22.9 Å². The van der Waals surface area contributed by atoms with Crippen LogP contribution in [0.15, 0.2) is 30.5 Å². The van der Waals surface area contributed by atoms with Gasteiger partial charge in [0.05, 0.1) is 4.34 Å². The Hall–Kier alpha value is -1.10. The van der Waals surface area contributed by atoms with E-state index in [-0.39, 0.29) is 0 Å². The van der Waals surface area contributed by atoms with Crippen LogP contribution in [0, 0.1) is 0 Å². The fourth-order valence-electron chi connectivity index (χ4n) is 2.22. The monoisotopic (exact) mass is 325 g/mol. The average Bonchev–Trinajstić information content (AvgIpc) is 3.00. The van der Waals surface area contributed by atoms with Crippen molar-refractivity contribution in [3.8, 4) is 0 Å². The molecule has 0 spiro atoms. The Kier molecular flexibility index (Phi) is 4.24. The number of aromatic nitrogens is 3. The summed E-state index contributed by atoms with van der Waals surface area (Å²) < 4.78 is 2.99. The number of hydrogen-bond donors (Lipinski definition) is 0. The third kappa shape index (κ3) is 2.82. The zero-order chi connectivity index (χ0) is 13.9. The van der Waals surface area contributed by atoms with Crippen molar-refractivity contribution >= 4 is 45.7 Å². The van der Waals surface area contributed by atoms with Gasteiger partial charge < -0.3 is 4.57 Å². The highest BCUT2D eigenvalue weighted by molar-refractivity contribution is 7.16. The molecule has 0 unspecified atom stereocenters. The number of rotatable bonds is 5. The second kappa shape index (κ2) is 6.12. The van der Waals surface area contributed by atoms with Gasteiger partial charge >= 0.3 is 0 Å². The predicted octanol–water partition coefficient (Wildman–Crippen LogP) is 4.17. The van der Waals surface area contributed by atoms with Gasteiger partial charge in [-0.25, -0.2) is 9.97 Å². The second-order valence-corrected chi connectivity index (χ2v) is 6.60. The molecule has 0 radical (unpaired) electrons. The molecular formula is C14H13Cl2N3S. The molecule has 104 valence electrons. The van der Waals surface area contributed by atoms with E-state index in [0.717, 1.165) is 40.7 Å². The summed E-state index contributed by atoms with van der Waals surface area (Å²) in [6, 6.07) is 7.90. The molecule has 3 nitrogen and oxygen atoms in total. The quantitative estimate of drug-likeness (QED) is 0.659. The van der Waals surface area contributed by atoms with Gasteiger partial charge in [-0.1, -0.05) is 11.6 Å². The van der Waals surface area contributed by atoms with Gasteiger partial charge in [-0.05, 0) is 30.7 Å². The van der Waals surface area contributed by atoms with Crippen LogP contribution in [-0.4, -0.2) is 20.4 Å². The van der Waals surface area contributed by atoms with E-state index < -0.39 is 0 Å². The number of aryl methyl sites for hydroxylation is 3. The lowest BCUT2D eigenvalue weighted by Gasteiger charge is -2.06. The Balaban J connectivity index is 1.90. The first-order valence-electron chi connectivity index (χ1n) is 6.38. The minimum atomic E-state index is 0.564. The van der Waals surface area contributed by atoms with E-state index in [4.69, 9.17) is 23.2 Å². The summed E-state index contributed by atoms with van der Waals surface area (Å²) in [4.78, 5) is 10.3. The van der Waals surface area contributed by atoms with Crippen molar-refractivity contribution in [2.75, 3.05) is 5.88 Å². The first-order valence-corrected chi connectivity index (χ1v) is 8.11. The van der Waals surface area contributed by atoms with E-state index in [1.54, 1.807) is 17.5 Å². The molecule has 6 heteroatoms. The number of fused-ring (bicyclic) bond motifs is 1. The first-order chi connectivity index (χ1) is 9.78. The van der Waals surface area contributed by atoms with Crippen LogP contribution >= 0.6 is 34.5 Å². The maximum atomic E-state index is 5.97. The van der Waals surface area contributed by atoms with Gasteiger partial charge in [-0.2, -0.15) is 0 Å². The van der Waals surface area contributed by atoms with Gasteiger partial charge in [0.25, 0.3) is 0 Å². The van der Waals surface area contributed by atoms with Gasteiger partial charge in [-0.3, -0.25) is 0 Å². The smallest absolute Gasteiger partial charge is 0.159 e. The molecule has 0 amide bonds. The van der Waals surface area contributed by atoms with Gasteiger partial charge in [0, 0.05) is 29.9 Å². The lowest BCUT2D eigenvalue weighted by Crippen LogP contribution is -2.07. The Labute approximate surface area is 131 Å². The molecule has 0 saturated heterocycles. The van der Waals surface area contributed by atoms with Crippen LogP contribution in [-0.2, 0) is 19.4 Å². The van der Waals surface area contributed by atoms with E-state index in [2.05, 4.69) is 20.6 Å². The summed E-state index contributed by atoms with van der Waals surface area (Å²) in [5.41, 5.74) is 1.85. The molecule has 0 atom stereocenters. The maximum Gasteiger partial charge on any atom is 0.159 e. The highest BCUT2D eigenvalue weighted by atomic mass is 35.5. The molecular weight excluding hydrogens is 313 g/mol. The molecule has 3 aromatic rings. The lowest BCUT2D eigenvalue weighted by atomic mass is 10.3. The summed E-state index contributed by atoms with van der Waals surface area (Å²) in [5.74, 6) is 1.56. The molecule has 0 aromatic carbocycles. The molecule has 0 N–H and O–H groups in total. The number of hydrogen-bond acceptors (Lipinski definition) is 3. The minimum absolute atomic E-state index is 0.564. The summed E-state index contributed by atoms with van der Waals surface area (Å²) in [5, 5.41) is 0. The molecule has 3 aromatic heterocycles. The normalized spacial score (nSPS) is 11.3. The summed E-state index contributed by atoms with van der Waals surface area (Å²) in [6.07, 6.45) is 3.48. The number of thiophene rings is 1. The van der Waals surface area contributed by atoms with Crippen molar-refractivity contribution in [3.63, 3.8) is 0 Å². The van der Waals surface area contributed by atoms with Crippen molar-refractivity contribution in [2.45, 2.75) is 19.4 Å². The zero-order valence-corrected chi connectivity index (χ0v) is 13.0. The third-order valence-corrected chi connectivity index (χ3v) is 4.59. The SMILES string of the molecule is ClCCc1nc2cccnc2n1CCc1ccc(Cl)s1. The Morgan fingerprint density at radius 1 is 1.20 bits per heavy atom. The summed E-state index contributed by atoms with van der Waals surface area (Å²) >= 11 is 13.5. The van der Waals surface area contributed by atoms with Crippen molar-refractivity contribution in [2.24, 2.45) is 0 Å². The van der Waals surface area contributed by atoms with Gasteiger partial charge in [0.1, 0.15) is 11.3 Å². The summed E-state index contributed by atoms with van der Waals surface area (Å²) in [6.45, 7) is 0.844. The zero-order valence-electron chi connectivity index (χ0n) is 10.7. The lowest BCUT2D eigenvalue weighted by molar-refractivity contribution is 0.674. The maximum absolute atomic E-state index is 5.97. The van der Waals surface area contributed by atoms with Crippen LogP contribution in [0.1, 0.15) is 10.7 Å². The Morgan fingerprint density at radius 2 is 2.10 bits per heavy atom. The average molecular weight is 326 g/mol. The molecule has 0 saturated carbocycles. The third-order valence-electron chi connectivity index (χ3n) is 3.11. The van der Waals surface area contributed by atoms with Crippen LogP contribution in [0.3, 0.4) is 0 Å². The van der Waals surface area contributed by atoms with Crippen molar-refractivity contribution in [1.29, 1.82) is 0 Å². The Morgan fingerprint density at radius 3 is 2.85 bits per heavy atom. The number of imidazole rings is 1. The highest BCUT2D eigenvalue weighted by Crippen LogP contribution is 2.23. The minimum Gasteiger partial charge on any atom is -0.312 e. The molecule has 0 aliphatic rings. The van der Waals surface area contributed by atoms with E-state index >= 15 is 0 Å².